The monoisotopic (exact) mass is 152 g/mol. The van der Waals surface area contributed by atoms with Crippen LogP contribution in [0.3, 0.4) is 0 Å². The van der Waals surface area contributed by atoms with Crippen molar-refractivity contribution >= 4 is 5.78 Å². The maximum Gasteiger partial charge on any atom is 0.152 e. The molecular weight excluding hydrogens is 136 g/mol. The minimum Gasteiger partial charge on any atom is -0.295 e. The summed E-state index contributed by atoms with van der Waals surface area (Å²) >= 11 is 0. The molecule has 1 fully saturated rings. The van der Waals surface area contributed by atoms with Gasteiger partial charge in [-0.25, -0.2) is 0 Å². The van der Waals surface area contributed by atoms with Crippen molar-refractivity contribution in [2.75, 3.05) is 0 Å². The maximum absolute atomic E-state index is 10.7. The molecule has 0 aromatic heterocycles. The predicted octanol–water partition coefficient (Wildman–Crippen LogP) is 2.71. The van der Waals surface area contributed by atoms with Gasteiger partial charge < -0.3 is 0 Å². The normalized spacial score (nSPS) is 20.7. The van der Waals surface area contributed by atoms with Gasteiger partial charge in [0.15, 0.2) is 5.78 Å². The third kappa shape index (κ3) is 2.49. The summed E-state index contributed by atoms with van der Waals surface area (Å²) in [4.78, 5) is 10.7. The van der Waals surface area contributed by atoms with E-state index >= 15 is 0 Å². The lowest BCUT2D eigenvalue weighted by Gasteiger charge is -2.07. The highest BCUT2D eigenvalue weighted by atomic mass is 16.1. The predicted molar refractivity (Wildman–Crippen MR) is 46.4 cm³/mol. The Hall–Kier alpha value is -0.590. The fourth-order valence-electron chi connectivity index (χ4n) is 1.82. The van der Waals surface area contributed by atoms with Crippen LogP contribution in [-0.4, -0.2) is 5.78 Å². The van der Waals surface area contributed by atoms with Crippen molar-refractivity contribution in [1.82, 2.24) is 0 Å². The summed E-state index contributed by atoms with van der Waals surface area (Å²) in [5.74, 6) is 0.897. The molecule has 0 spiro atoms. The molecule has 0 heterocycles. The van der Waals surface area contributed by atoms with Crippen molar-refractivity contribution in [3.8, 4) is 0 Å². The van der Waals surface area contributed by atoms with Gasteiger partial charge >= 0.3 is 0 Å². The Bertz CT molecular complexity index is 173. The van der Waals surface area contributed by atoms with Crippen LogP contribution in [0, 0.1) is 5.92 Å². The highest BCUT2D eigenvalue weighted by molar-refractivity contribution is 5.87. The Morgan fingerprint density at radius 1 is 1.27 bits per heavy atom. The number of carbonyl (C=O) groups is 1. The summed E-state index contributed by atoms with van der Waals surface area (Å²) < 4.78 is 0. The number of carbonyl (C=O) groups excluding carboxylic acids is 1. The first-order valence-electron chi connectivity index (χ1n) is 4.39. The number of ketones is 1. The summed E-state index contributed by atoms with van der Waals surface area (Å²) in [6.45, 7) is 3.70. The molecule has 1 nitrogen and oxygen atoms in total. The van der Waals surface area contributed by atoms with Gasteiger partial charge in [0.25, 0.3) is 0 Å². The highest BCUT2D eigenvalue weighted by Crippen LogP contribution is 2.30. The smallest absolute Gasteiger partial charge is 0.152 e. The fraction of sp³-hybridized carbons (Fsp3) is 0.700. The Labute approximate surface area is 68.5 Å². The highest BCUT2D eigenvalue weighted by Gasteiger charge is 2.16. The summed E-state index contributed by atoms with van der Waals surface area (Å²) in [6, 6.07) is 0. The fourth-order valence-corrected chi connectivity index (χ4v) is 1.82. The molecule has 62 valence electrons. The van der Waals surface area contributed by atoms with Crippen LogP contribution in [0.1, 0.15) is 39.5 Å². The molecule has 1 heteroatoms. The van der Waals surface area contributed by atoms with Crippen molar-refractivity contribution in [1.29, 1.82) is 0 Å². The zero-order valence-electron chi connectivity index (χ0n) is 7.39. The van der Waals surface area contributed by atoms with E-state index in [2.05, 4.69) is 6.92 Å². The molecule has 0 aromatic carbocycles. The Kier molecular flexibility index (Phi) is 2.86. The van der Waals surface area contributed by atoms with Crippen LogP contribution >= 0.6 is 0 Å². The zero-order valence-corrected chi connectivity index (χ0v) is 7.39. The Morgan fingerprint density at radius 2 is 1.82 bits per heavy atom. The van der Waals surface area contributed by atoms with E-state index in [-0.39, 0.29) is 5.78 Å². The van der Waals surface area contributed by atoms with Gasteiger partial charge in [-0.05, 0) is 38.7 Å². The second-order valence-corrected chi connectivity index (χ2v) is 3.48. The van der Waals surface area contributed by atoms with Gasteiger partial charge in [-0.15, -0.1) is 0 Å². The largest absolute Gasteiger partial charge is 0.295 e. The quantitative estimate of drug-likeness (QED) is 0.556. The van der Waals surface area contributed by atoms with Gasteiger partial charge in [-0.2, -0.15) is 0 Å². The molecule has 0 atom stereocenters. The standard InChI is InChI=1S/C10H16O/c1-8(7-9(2)11)10-5-3-4-6-10/h7,10H,3-6H2,1-2H3/b8-7-. The lowest BCUT2D eigenvalue weighted by molar-refractivity contribution is -0.112. The minimum atomic E-state index is 0.189. The first-order valence-corrected chi connectivity index (χ1v) is 4.39. The van der Waals surface area contributed by atoms with E-state index < -0.39 is 0 Å². The lowest BCUT2D eigenvalue weighted by atomic mass is 9.98. The molecule has 1 aliphatic carbocycles. The van der Waals surface area contributed by atoms with Crippen LogP contribution in [0.4, 0.5) is 0 Å². The second-order valence-electron chi connectivity index (χ2n) is 3.48. The van der Waals surface area contributed by atoms with Crippen molar-refractivity contribution < 1.29 is 4.79 Å². The first kappa shape index (κ1) is 8.51. The first-order chi connectivity index (χ1) is 5.20. The molecule has 1 saturated carbocycles. The molecule has 0 bridgehead atoms. The second kappa shape index (κ2) is 3.70. The molecule has 1 rings (SSSR count). The van der Waals surface area contributed by atoms with E-state index in [1.807, 2.05) is 0 Å². The number of rotatable bonds is 2. The van der Waals surface area contributed by atoms with Crippen LogP contribution in [-0.2, 0) is 4.79 Å². The molecule has 0 radical (unpaired) electrons. The Morgan fingerprint density at radius 3 is 2.27 bits per heavy atom. The van der Waals surface area contributed by atoms with Gasteiger partial charge in [-0.3, -0.25) is 4.79 Å². The number of hydrogen-bond acceptors (Lipinski definition) is 1. The van der Waals surface area contributed by atoms with Gasteiger partial charge in [0, 0.05) is 0 Å². The Balaban J connectivity index is 2.51. The van der Waals surface area contributed by atoms with E-state index in [1.54, 1.807) is 13.0 Å². The van der Waals surface area contributed by atoms with Crippen LogP contribution in [0.5, 0.6) is 0 Å². The third-order valence-electron chi connectivity index (χ3n) is 2.43. The van der Waals surface area contributed by atoms with Crippen molar-refractivity contribution in [3.05, 3.63) is 11.6 Å². The topological polar surface area (TPSA) is 17.1 Å². The number of allylic oxidation sites excluding steroid dienone is 2. The van der Waals surface area contributed by atoms with E-state index in [1.165, 1.54) is 31.3 Å². The van der Waals surface area contributed by atoms with Crippen LogP contribution in [0.2, 0.25) is 0 Å². The molecule has 0 aliphatic heterocycles. The van der Waals surface area contributed by atoms with Gasteiger partial charge in [-0.1, -0.05) is 18.4 Å². The molecule has 0 unspecified atom stereocenters. The van der Waals surface area contributed by atoms with Crippen LogP contribution in [0.15, 0.2) is 11.6 Å². The molecule has 1 aliphatic rings. The van der Waals surface area contributed by atoms with Crippen molar-refractivity contribution in [3.63, 3.8) is 0 Å². The third-order valence-corrected chi connectivity index (χ3v) is 2.43. The summed E-state index contributed by atoms with van der Waals surface area (Å²) in [7, 11) is 0. The van der Waals surface area contributed by atoms with Crippen LogP contribution < -0.4 is 0 Å². The summed E-state index contributed by atoms with van der Waals surface area (Å²) in [5, 5.41) is 0. The van der Waals surface area contributed by atoms with Crippen molar-refractivity contribution in [2.45, 2.75) is 39.5 Å². The summed E-state index contributed by atoms with van der Waals surface area (Å²) in [6.07, 6.45) is 7.04. The maximum atomic E-state index is 10.7. The average Bonchev–Trinajstić information content (AvgIpc) is 2.35. The lowest BCUT2D eigenvalue weighted by Crippen LogP contribution is -1.97. The van der Waals surface area contributed by atoms with E-state index in [9.17, 15) is 4.79 Å². The van der Waals surface area contributed by atoms with Gasteiger partial charge in [0.1, 0.15) is 0 Å². The molecule has 0 N–H and O–H groups in total. The van der Waals surface area contributed by atoms with E-state index in [4.69, 9.17) is 0 Å². The number of hydrogen-bond donors (Lipinski definition) is 0. The SMILES string of the molecule is CC(=O)/C=C(/C)C1CCCC1. The summed E-state index contributed by atoms with van der Waals surface area (Å²) in [5.41, 5.74) is 1.29. The molecule has 11 heavy (non-hydrogen) atoms. The minimum absolute atomic E-state index is 0.189. The van der Waals surface area contributed by atoms with Gasteiger partial charge in [0.2, 0.25) is 0 Å². The van der Waals surface area contributed by atoms with E-state index in [0.29, 0.717) is 5.92 Å². The molecule has 0 amide bonds. The van der Waals surface area contributed by atoms with Crippen LogP contribution in [0.25, 0.3) is 0 Å². The molecule has 0 saturated heterocycles. The van der Waals surface area contributed by atoms with E-state index in [0.717, 1.165) is 0 Å². The van der Waals surface area contributed by atoms with Crippen molar-refractivity contribution in [2.24, 2.45) is 5.92 Å². The molecular formula is C10H16O. The average molecular weight is 152 g/mol. The zero-order chi connectivity index (χ0) is 8.27. The molecule has 0 aromatic rings. The van der Waals surface area contributed by atoms with Gasteiger partial charge in [0.05, 0.1) is 0 Å².